The molecule has 2 nitrogen and oxygen atoms in total. The van der Waals surface area contributed by atoms with Crippen LogP contribution in [-0.2, 0) is 20.8 Å². The van der Waals surface area contributed by atoms with E-state index in [-0.39, 0.29) is 17.4 Å². The van der Waals surface area contributed by atoms with Crippen molar-refractivity contribution in [2.45, 2.75) is 36.4 Å². The SMILES string of the molecule is C1=C(c2ccccc2)CC[C@]2(c3ccccc3)OO[C@@H]3C=C(c4ccccc4)C[C@]3(c3ccccc3)[C@H]12. The van der Waals surface area contributed by atoms with Gasteiger partial charge in [-0.1, -0.05) is 127 Å². The summed E-state index contributed by atoms with van der Waals surface area (Å²) in [6.45, 7) is 0. The highest BCUT2D eigenvalue weighted by molar-refractivity contribution is 5.74. The Kier molecular flexibility index (Phi) is 5.46. The maximum atomic E-state index is 6.60. The average Bonchev–Trinajstić information content (AvgIpc) is 3.40. The Balaban J connectivity index is 1.46. The summed E-state index contributed by atoms with van der Waals surface area (Å²) in [5.74, 6) is 0.0879. The van der Waals surface area contributed by atoms with Gasteiger partial charge in [-0.2, -0.15) is 0 Å². The van der Waals surface area contributed by atoms with Crippen molar-refractivity contribution in [2.24, 2.45) is 5.92 Å². The second kappa shape index (κ2) is 8.99. The molecule has 0 N–H and O–H groups in total. The minimum Gasteiger partial charge on any atom is -0.227 e. The Morgan fingerprint density at radius 2 is 1.11 bits per heavy atom. The molecule has 7 rings (SSSR count). The molecule has 0 spiro atoms. The summed E-state index contributed by atoms with van der Waals surface area (Å²) in [7, 11) is 0. The number of hydrogen-bond donors (Lipinski definition) is 0. The van der Waals surface area contributed by atoms with Crippen molar-refractivity contribution in [3.05, 3.63) is 156 Å². The van der Waals surface area contributed by atoms with E-state index in [4.69, 9.17) is 9.78 Å². The molecule has 4 aromatic rings. The van der Waals surface area contributed by atoms with Crippen molar-refractivity contribution >= 4 is 11.1 Å². The number of allylic oxidation sites excluding steroid dienone is 2. The van der Waals surface area contributed by atoms with Gasteiger partial charge in [0.05, 0.1) is 0 Å². The normalized spacial score (nSPS) is 28.5. The van der Waals surface area contributed by atoms with Crippen LogP contribution in [-0.4, -0.2) is 6.10 Å². The largest absolute Gasteiger partial charge is 0.227 e. The number of hydrogen-bond acceptors (Lipinski definition) is 2. The van der Waals surface area contributed by atoms with Gasteiger partial charge in [0.25, 0.3) is 0 Å². The lowest BCUT2D eigenvalue weighted by Gasteiger charge is -2.56. The Morgan fingerprint density at radius 1 is 0.568 bits per heavy atom. The fourth-order valence-electron chi connectivity index (χ4n) is 6.93. The minimum absolute atomic E-state index is 0.0879. The van der Waals surface area contributed by atoms with Gasteiger partial charge in [0.1, 0.15) is 11.7 Å². The van der Waals surface area contributed by atoms with E-state index in [0.717, 1.165) is 19.3 Å². The molecule has 1 aliphatic heterocycles. The molecule has 0 radical (unpaired) electrons. The van der Waals surface area contributed by atoms with E-state index in [9.17, 15) is 0 Å². The van der Waals surface area contributed by atoms with Gasteiger partial charge in [0.15, 0.2) is 0 Å². The lowest BCUT2D eigenvalue weighted by atomic mass is 9.55. The van der Waals surface area contributed by atoms with Crippen LogP contribution in [0, 0.1) is 5.92 Å². The standard InChI is InChI=1S/C35H30O2/c1-5-13-26(14-6-1)28-21-22-35(31-19-11-4-12-20-31)32(23-28)34(30-17-9-3-10-18-30)25-29(24-33(34)36-37-35)27-15-7-2-8-16-27/h1-20,23-24,32-33H,21-22,25H2/t32-,33+,34-,35+/m0/s1. The third-order valence-electron chi connectivity index (χ3n) is 8.70. The average molecular weight is 483 g/mol. The van der Waals surface area contributed by atoms with Gasteiger partial charge < -0.3 is 0 Å². The van der Waals surface area contributed by atoms with E-state index >= 15 is 0 Å². The Bertz CT molecular complexity index is 1440. The molecule has 1 saturated heterocycles. The fourth-order valence-corrected chi connectivity index (χ4v) is 6.93. The third-order valence-corrected chi connectivity index (χ3v) is 8.70. The topological polar surface area (TPSA) is 18.5 Å². The quantitative estimate of drug-likeness (QED) is 0.273. The molecule has 1 heterocycles. The molecule has 0 saturated carbocycles. The first-order valence-corrected chi connectivity index (χ1v) is 13.3. The van der Waals surface area contributed by atoms with Crippen molar-refractivity contribution in [2.75, 3.05) is 0 Å². The lowest BCUT2D eigenvalue weighted by Crippen LogP contribution is -2.59. The summed E-state index contributed by atoms with van der Waals surface area (Å²) in [6.07, 6.45) is 7.35. The molecule has 4 aromatic carbocycles. The van der Waals surface area contributed by atoms with Crippen LogP contribution in [0.15, 0.2) is 133 Å². The molecule has 2 aliphatic carbocycles. The van der Waals surface area contributed by atoms with Gasteiger partial charge in [0.2, 0.25) is 0 Å². The molecule has 0 amide bonds. The second-order valence-corrected chi connectivity index (χ2v) is 10.5. The van der Waals surface area contributed by atoms with E-state index in [2.05, 4.69) is 133 Å². The van der Waals surface area contributed by atoms with Gasteiger partial charge in [-0.05, 0) is 58.7 Å². The molecule has 0 bridgehead atoms. The second-order valence-electron chi connectivity index (χ2n) is 10.5. The first kappa shape index (κ1) is 22.5. The molecular weight excluding hydrogens is 452 g/mol. The first-order chi connectivity index (χ1) is 18.3. The van der Waals surface area contributed by atoms with Gasteiger partial charge >= 0.3 is 0 Å². The summed E-state index contributed by atoms with van der Waals surface area (Å²) in [5.41, 5.74) is 6.90. The molecule has 182 valence electrons. The van der Waals surface area contributed by atoms with Crippen molar-refractivity contribution < 1.29 is 9.78 Å². The van der Waals surface area contributed by atoms with E-state index in [1.54, 1.807) is 0 Å². The lowest BCUT2D eigenvalue weighted by molar-refractivity contribution is -0.435. The van der Waals surface area contributed by atoms with Crippen LogP contribution in [0.4, 0.5) is 0 Å². The number of benzene rings is 4. The Hall–Kier alpha value is -3.72. The minimum atomic E-state index is -0.564. The zero-order valence-corrected chi connectivity index (χ0v) is 20.8. The van der Waals surface area contributed by atoms with Crippen LogP contribution >= 0.6 is 0 Å². The van der Waals surface area contributed by atoms with Crippen LogP contribution < -0.4 is 0 Å². The van der Waals surface area contributed by atoms with E-state index < -0.39 is 5.60 Å². The van der Waals surface area contributed by atoms with Crippen LogP contribution in [0.25, 0.3) is 11.1 Å². The Labute approximate surface area is 218 Å². The molecule has 3 aliphatic rings. The monoisotopic (exact) mass is 482 g/mol. The molecule has 37 heavy (non-hydrogen) atoms. The molecule has 0 aromatic heterocycles. The van der Waals surface area contributed by atoms with E-state index in [1.807, 2.05) is 0 Å². The van der Waals surface area contributed by atoms with E-state index in [1.165, 1.54) is 33.4 Å². The molecule has 4 atom stereocenters. The van der Waals surface area contributed by atoms with Crippen molar-refractivity contribution in [1.82, 2.24) is 0 Å². The van der Waals surface area contributed by atoms with Gasteiger partial charge in [-0.25, -0.2) is 9.78 Å². The zero-order chi connectivity index (χ0) is 24.7. The van der Waals surface area contributed by atoms with Crippen LogP contribution in [0.2, 0.25) is 0 Å². The maximum absolute atomic E-state index is 6.60. The molecule has 1 fully saturated rings. The summed E-state index contributed by atoms with van der Waals surface area (Å²) >= 11 is 0. The van der Waals surface area contributed by atoms with Crippen molar-refractivity contribution in [3.63, 3.8) is 0 Å². The number of fused-ring (bicyclic) bond motifs is 3. The van der Waals surface area contributed by atoms with Crippen molar-refractivity contribution in [1.29, 1.82) is 0 Å². The summed E-state index contributed by atoms with van der Waals surface area (Å²) in [4.78, 5) is 13.1. The molecular formula is C35H30O2. The number of rotatable bonds is 4. The smallest absolute Gasteiger partial charge is 0.136 e. The predicted octanol–water partition coefficient (Wildman–Crippen LogP) is 8.13. The first-order valence-electron chi connectivity index (χ1n) is 13.3. The summed E-state index contributed by atoms with van der Waals surface area (Å²) in [5, 5.41) is 0. The zero-order valence-electron chi connectivity index (χ0n) is 20.8. The van der Waals surface area contributed by atoms with Gasteiger partial charge in [-0.15, -0.1) is 0 Å². The third kappa shape index (κ3) is 3.55. The highest BCUT2D eigenvalue weighted by Gasteiger charge is 2.63. The fraction of sp³-hybridized carbons (Fsp3) is 0.200. The molecule has 0 unspecified atom stereocenters. The van der Waals surface area contributed by atoms with Gasteiger partial charge in [-0.3, -0.25) is 0 Å². The maximum Gasteiger partial charge on any atom is 0.136 e. The highest BCUT2D eigenvalue weighted by Crippen LogP contribution is 2.63. The Morgan fingerprint density at radius 3 is 1.73 bits per heavy atom. The predicted molar refractivity (Wildman–Crippen MR) is 148 cm³/mol. The highest BCUT2D eigenvalue weighted by atomic mass is 17.2. The van der Waals surface area contributed by atoms with Crippen LogP contribution in [0.3, 0.4) is 0 Å². The molecule has 2 heteroatoms. The van der Waals surface area contributed by atoms with Crippen LogP contribution in [0.5, 0.6) is 0 Å². The van der Waals surface area contributed by atoms with E-state index in [0.29, 0.717) is 0 Å². The summed E-state index contributed by atoms with van der Waals surface area (Å²) < 4.78 is 0. The summed E-state index contributed by atoms with van der Waals surface area (Å²) in [6, 6.07) is 43.3. The van der Waals surface area contributed by atoms with Crippen LogP contribution in [0.1, 0.15) is 41.5 Å². The van der Waals surface area contributed by atoms with Crippen molar-refractivity contribution in [3.8, 4) is 0 Å². The van der Waals surface area contributed by atoms with Gasteiger partial charge in [0, 0.05) is 11.3 Å².